The molecule has 0 bridgehead atoms. The maximum absolute atomic E-state index is 12.9. The van der Waals surface area contributed by atoms with Crippen LogP contribution < -0.4 is 16.0 Å². The summed E-state index contributed by atoms with van der Waals surface area (Å²) < 4.78 is 0.985. The smallest absolute Gasteiger partial charge is 0.255 e. The van der Waals surface area contributed by atoms with Gasteiger partial charge in [0.1, 0.15) is 0 Å². The van der Waals surface area contributed by atoms with Crippen molar-refractivity contribution in [2.24, 2.45) is 0 Å². The first-order valence-electron chi connectivity index (χ1n) is 7.86. The van der Waals surface area contributed by atoms with Gasteiger partial charge in [-0.25, -0.2) is 0 Å². The molecule has 2 aromatic rings. The molecule has 0 aromatic heterocycles. The van der Waals surface area contributed by atoms with E-state index in [0.29, 0.717) is 10.7 Å². The van der Waals surface area contributed by atoms with Gasteiger partial charge in [0.25, 0.3) is 5.91 Å². The van der Waals surface area contributed by atoms with Gasteiger partial charge in [0.2, 0.25) is 0 Å². The molecule has 6 heteroatoms. The van der Waals surface area contributed by atoms with Crippen LogP contribution in [0.4, 0.5) is 5.69 Å². The van der Waals surface area contributed by atoms with E-state index < -0.39 is 0 Å². The first kappa shape index (κ1) is 17.6. The van der Waals surface area contributed by atoms with Crippen LogP contribution in [0.1, 0.15) is 24.1 Å². The van der Waals surface area contributed by atoms with Gasteiger partial charge >= 0.3 is 0 Å². The third-order valence-electron chi connectivity index (χ3n) is 4.03. The molecule has 2 aromatic carbocycles. The van der Waals surface area contributed by atoms with Crippen LogP contribution in [0.25, 0.3) is 0 Å². The van der Waals surface area contributed by atoms with Gasteiger partial charge in [-0.3, -0.25) is 4.79 Å². The molecule has 0 saturated carbocycles. The van der Waals surface area contributed by atoms with Crippen molar-refractivity contribution in [3.63, 3.8) is 0 Å². The molecule has 0 aliphatic carbocycles. The molecular weight excluding hydrogens is 398 g/mol. The molecule has 0 saturated heterocycles. The minimum atomic E-state index is -0.299. The fourth-order valence-electron chi connectivity index (χ4n) is 2.74. The Morgan fingerprint density at radius 1 is 1.08 bits per heavy atom. The van der Waals surface area contributed by atoms with E-state index >= 15 is 0 Å². The number of halogens is 1. The molecule has 3 rings (SSSR count). The van der Waals surface area contributed by atoms with E-state index in [1.165, 1.54) is 0 Å². The largest absolute Gasteiger partial charge is 0.351 e. The van der Waals surface area contributed by atoms with Gasteiger partial charge in [-0.2, -0.15) is 0 Å². The molecule has 0 fully saturated rings. The van der Waals surface area contributed by atoms with Gasteiger partial charge in [0.05, 0.1) is 11.6 Å². The van der Waals surface area contributed by atoms with Crippen LogP contribution in [0.15, 0.2) is 64.3 Å². The van der Waals surface area contributed by atoms with Crippen molar-refractivity contribution < 1.29 is 4.79 Å². The number of rotatable bonds is 3. The van der Waals surface area contributed by atoms with Crippen LogP contribution in [0, 0.1) is 6.92 Å². The highest BCUT2D eigenvalue weighted by Crippen LogP contribution is 2.28. The minimum absolute atomic E-state index is 0.156. The second-order valence-electron chi connectivity index (χ2n) is 5.94. The van der Waals surface area contributed by atoms with E-state index in [1.54, 1.807) is 0 Å². The van der Waals surface area contributed by atoms with Crippen LogP contribution >= 0.6 is 28.1 Å². The number of anilines is 1. The number of aryl methyl sites for hydroxylation is 1. The lowest BCUT2D eigenvalue weighted by Crippen LogP contribution is -2.45. The molecule has 0 unspecified atom stereocenters. The Bertz CT molecular complexity index is 844. The molecule has 1 amide bonds. The lowest BCUT2D eigenvalue weighted by atomic mass is 9.95. The summed E-state index contributed by atoms with van der Waals surface area (Å²) in [6, 6.07) is 15.3. The van der Waals surface area contributed by atoms with E-state index in [9.17, 15) is 4.79 Å². The van der Waals surface area contributed by atoms with Crippen molar-refractivity contribution in [3.05, 3.63) is 75.4 Å². The average Bonchev–Trinajstić information content (AvgIpc) is 2.57. The molecule has 4 nitrogen and oxygen atoms in total. The Hall–Kier alpha value is -2.18. The quantitative estimate of drug-likeness (QED) is 0.657. The molecule has 1 atom stereocenters. The minimum Gasteiger partial charge on any atom is -0.351 e. The summed E-state index contributed by atoms with van der Waals surface area (Å²) >= 11 is 8.71. The highest BCUT2D eigenvalue weighted by molar-refractivity contribution is 9.10. The van der Waals surface area contributed by atoms with Crippen LogP contribution in [0.3, 0.4) is 0 Å². The third kappa shape index (κ3) is 4.08. The topological polar surface area (TPSA) is 53.2 Å². The van der Waals surface area contributed by atoms with Crippen molar-refractivity contribution >= 4 is 44.9 Å². The number of allylic oxidation sites excluding steroid dienone is 1. The molecule has 0 spiro atoms. The van der Waals surface area contributed by atoms with Gasteiger partial charge in [-0.1, -0.05) is 45.8 Å². The summed E-state index contributed by atoms with van der Waals surface area (Å²) in [5.74, 6) is -0.156. The first-order chi connectivity index (χ1) is 11.9. The summed E-state index contributed by atoms with van der Waals surface area (Å²) in [4.78, 5) is 12.9. The molecule has 3 N–H and O–H groups in total. The molecule has 1 heterocycles. The number of hydrogen-bond acceptors (Lipinski definition) is 2. The number of carbonyl (C=O) groups excluding carboxylic acids is 1. The van der Waals surface area contributed by atoms with Crippen LogP contribution in [0.5, 0.6) is 0 Å². The predicted octanol–water partition coefficient (Wildman–Crippen LogP) is 4.19. The lowest BCUT2D eigenvalue weighted by molar-refractivity contribution is -0.113. The first-order valence-corrected chi connectivity index (χ1v) is 9.06. The van der Waals surface area contributed by atoms with Gasteiger partial charge in [0, 0.05) is 15.9 Å². The Morgan fingerprint density at radius 3 is 2.36 bits per heavy atom. The fourth-order valence-corrected chi connectivity index (χ4v) is 3.27. The Morgan fingerprint density at radius 2 is 1.72 bits per heavy atom. The van der Waals surface area contributed by atoms with Crippen LogP contribution in [-0.4, -0.2) is 11.0 Å². The number of benzene rings is 2. The van der Waals surface area contributed by atoms with E-state index in [1.807, 2.05) is 62.4 Å². The molecule has 128 valence electrons. The normalized spacial score (nSPS) is 16.9. The summed E-state index contributed by atoms with van der Waals surface area (Å²) in [7, 11) is 0. The van der Waals surface area contributed by atoms with E-state index in [4.69, 9.17) is 12.2 Å². The number of nitrogens with one attached hydrogen (secondary N) is 3. The molecule has 1 aliphatic rings. The van der Waals surface area contributed by atoms with Crippen molar-refractivity contribution in [2.75, 3.05) is 5.32 Å². The Labute approximate surface area is 160 Å². The molecular formula is C19H18BrN3OS. The number of hydrogen-bond donors (Lipinski definition) is 3. The zero-order chi connectivity index (χ0) is 18.0. The highest BCUT2D eigenvalue weighted by Gasteiger charge is 2.29. The Kier molecular flexibility index (Phi) is 5.20. The highest BCUT2D eigenvalue weighted by atomic mass is 79.9. The zero-order valence-corrected chi connectivity index (χ0v) is 16.3. The number of amides is 1. The third-order valence-corrected chi connectivity index (χ3v) is 4.78. The second kappa shape index (κ2) is 7.37. The maximum atomic E-state index is 12.9. The monoisotopic (exact) mass is 415 g/mol. The number of thiocarbonyl (C=S) groups is 1. The SMILES string of the molecule is CC1=C(C(=O)Nc2ccc(C)cc2)[C@H](c2ccc(Br)cc2)NC(=S)N1. The summed E-state index contributed by atoms with van der Waals surface area (Å²) in [5, 5.41) is 9.72. The van der Waals surface area contributed by atoms with E-state index in [0.717, 1.165) is 27.0 Å². The molecule has 1 aliphatic heterocycles. The molecule has 0 radical (unpaired) electrons. The summed E-state index contributed by atoms with van der Waals surface area (Å²) in [5.41, 5.74) is 4.25. The standard InChI is InChI=1S/C19H18BrN3OS/c1-11-3-9-15(10-4-11)22-18(24)16-12(2)21-19(25)23-17(16)13-5-7-14(20)8-6-13/h3-10,17H,1-2H3,(H,22,24)(H2,21,23,25)/t17-/m0/s1. The van der Waals surface area contributed by atoms with Crippen LogP contribution in [-0.2, 0) is 4.79 Å². The van der Waals surface area contributed by atoms with Crippen molar-refractivity contribution in [2.45, 2.75) is 19.9 Å². The maximum Gasteiger partial charge on any atom is 0.255 e. The van der Waals surface area contributed by atoms with Gasteiger partial charge in [-0.15, -0.1) is 0 Å². The van der Waals surface area contributed by atoms with Crippen LogP contribution in [0.2, 0.25) is 0 Å². The van der Waals surface area contributed by atoms with Crippen molar-refractivity contribution in [1.29, 1.82) is 0 Å². The van der Waals surface area contributed by atoms with Crippen molar-refractivity contribution in [1.82, 2.24) is 10.6 Å². The second-order valence-corrected chi connectivity index (χ2v) is 7.27. The van der Waals surface area contributed by atoms with Gasteiger partial charge in [0.15, 0.2) is 5.11 Å². The average molecular weight is 416 g/mol. The lowest BCUT2D eigenvalue weighted by Gasteiger charge is -2.30. The van der Waals surface area contributed by atoms with Gasteiger partial charge in [-0.05, 0) is 55.9 Å². The zero-order valence-electron chi connectivity index (χ0n) is 13.9. The summed E-state index contributed by atoms with van der Waals surface area (Å²) in [6.07, 6.45) is 0. The predicted molar refractivity (Wildman–Crippen MR) is 108 cm³/mol. The van der Waals surface area contributed by atoms with Gasteiger partial charge < -0.3 is 16.0 Å². The fraction of sp³-hybridized carbons (Fsp3) is 0.158. The van der Waals surface area contributed by atoms with E-state index in [-0.39, 0.29) is 11.9 Å². The van der Waals surface area contributed by atoms with Crippen molar-refractivity contribution in [3.8, 4) is 0 Å². The van der Waals surface area contributed by atoms with E-state index in [2.05, 4.69) is 31.9 Å². The molecule has 25 heavy (non-hydrogen) atoms. The Balaban J connectivity index is 1.92. The summed E-state index contributed by atoms with van der Waals surface area (Å²) in [6.45, 7) is 3.88. The number of carbonyl (C=O) groups is 1.